The van der Waals surface area contributed by atoms with Gasteiger partial charge in [-0.25, -0.2) is 8.78 Å². The van der Waals surface area contributed by atoms with Crippen LogP contribution < -0.4 is 0 Å². The Kier molecular flexibility index (Phi) is 5.78. The Morgan fingerprint density at radius 1 is 1.07 bits per heavy atom. The van der Waals surface area contributed by atoms with Gasteiger partial charge in [0.2, 0.25) is 5.91 Å². The lowest BCUT2D eigenvalue weighted by Crippen LogP contribution is -2.42. The van der Waals surface area contributed by atoms with Gasteiger partial charge in [-0.15, -0.1) is 0 Å². The average molecular weight is 449 g/mol. The van der Waals surface area contributed by atoms with Crippen LogP contribution in [0.25, 0.3) is 0 Å². The van der Waals surface area contributed by atoms with E-state index in [2.05, 4.69) is 20.8 Å². The third-order valence-electron chi connectivity index (χ3n) is 5.81. The number of benzene rings is 2. The van der Waals surface area contributed by atoms with Gasteiger partial charge < -0.3 is 4.90 Å². The molecule has 2 aliphatic rings. The topological polar surface area (TPSA) is 23.6 Å². The molecule has 2 atom stereocenters. The highest BCUT2D eigenvalue weighted by molar-refractivity contribution is 9.10. The molecular formula is C22H23BrF2N2O. The molecule has 0 spiro atoms. The fraction of sp³-hybridized carbons (Fsp3) is 0.409. The zero-order chi connectivity index (χ0) is 19.7. The number of rotatable bonds is 4. The number of likely N-dealkylation sites (tertiary alicyclic amines) is 2. The van der Waals surface area contributed by atoms with Crippen LogP contribution in [0.2, 0.25) is 0 Å². The molecule has 2 aromatic carbocycles. The van der Waals surface area contributed by atoms with E-state index < -0.39 is 0 Å². The number of fused-ring (bicyclic) bond motifs is 1. The van der Waals surface area contributed by atoms with Crippen LogP contribution in [0.4, 0.5) is 8.78 Å². The van der Waals surface area contributed by atoms with Gasteiger partial charge in [0.05, 0.1) is 0 Å². The minimum absolute atomic E-state index is 0.0912. The number of carbonyl (C=O) groups is 1. The van der Waals surface area contributed by atoms with Crippen molar-refractivity contribution < 1.29 is 13.6 Å². The van der Waals surface area contributed by atoms with E-state index in [4.69, 9.17) is 0 Å². The second kappa shape index (κ2) is 8.29. The molecule has 6 heteroatoms. The molecule has 0 saturated carbocycles. The first-order valence-corrected chi connectivity index (χ1v) is 10.5. The molecule has 28 heavy (non-hydrogen) atoms. The van der Waals surface area contributed by atoms with Crippen LogP contribution in [0.15, 0.2) is 46.9 Å². The summed E-state index contributed by atoms with van der Waals surface area (Å²) in [4.78, 5) is 16.9. The van der Waals surface area contributed by atoms with E-state index in [1.807, 2.05) is 17.0 Å². The highest BCUT2D eigenvalue weighted by Crippen LogP contribution is 2.33. The maximum absolute atomic E-state index is 14.2. The fourth-order valence-corrected chi connectivity index (χ4v) is 4.90. The number of hydrogen-bond acceptors (Lipinski definition) is 2. The van der Waals surface area contributed by atoms with E-state index in [1.54, 1.807) is 12.1 Å². The Morgan fingerprint density at radius 3 is 2.75 bits per heavy atom. The summed E-state index contributed by atoms with van der Waals surface area (Å²) in [5, 5.41) is 0. The molecule has 0 bridgehead atoms. The number of amides is 1. The van der Waals surface area contributed by atoms with Crippen LogP contribution in [0.1, 0.15) is 30.4 Å². The van der Waals surface area contributed by atoms with Gasteiger partial charge in [-0.2, -0.15) is 0 Å². The van der Waals surface area contributed by atoms with Gasteiger partial charge >= 0.3 is 0 Å². The smallest absolute Gasteiger partial charge is 0.223 e. The molecule has 2 heterocycles. The van der Waals surface area contributed by atoms with Crippen LogP contribution in [-0.2, 0) is 17.9 Å². The monoisotopic (exact) mass is 448 g/mol. The zero-order valence-electron chi connectivity index (χ0n) is 15.6. The van der Waals surface area contributed by atoms with Crippen molar-refractivity contribution in [3.8, 4) is 0 Å². The molecule has 0 unspecified atom stereocenters. The van der Waals surface area contributed by atoms with Crippen LogP contribution in [-0.4, -0.2) is 34.8 Å². The van der Waals surface area contributed by atoms with Gasteiger partial charge in [0.1, 0.15) is 11.6 Å². The second-order valence-corrected chi connectivity index (χ2v) is 8.72. The number of halogens is 3. The van der Waals surface area contributed by atoms with Crippen molar-refractivity contribution in [1.82, 2.24) is 9.80 Å². The molecule has 4 rings (SSSR count). The molecule has 2 aromatic rings. The molecule has 3 nitrogen and oxygen atoms in total. The summed E-state index contributed by atoms with van der Waals surface area (Å²) in [6, 6.07) is 11.5. The van der Waals surface area contributed by atoms with Crippen molar-refractivity contribution in [1.29, 1.82) is 0 Å². The van der Waals surface area contributed by atoms with Crippen molar-refractivity contribution in [3.63, 3.8) is 0 Å². The Hall–Kier alpha value is -1.79. The maximum Gasteiger partial charge on any atom is 0.223 e. The van der Waals surface area contributed by atoms with E-state index in [1.165, 1.54) is 18.2 Å². The normalized spacial score (nSPS) is 23.0. The van der Waals surface area contributed by atoms with Crippen molar-refractivity contribution in [3.05, 3.63) is 69.7 Å². The lowest BCUT2D eigenvalue weighted by molar-refractivity contribution is -0.133. The quantitative estimate of drug-likeness (QED) is 0.674. The summed E-state index contributed by atoms with van der Waals surface area (Å²) < 4.78 is 28.6. The van der Waals surface area contributed by atoms with Crippen LogP contribution in [0.3, 0.4) is 0 Å². The fourth-order valence-electron chi connectivity index (χ4n) is 4.49. The summed E-state index contributed by atoms with van der Waals surface area (Å²) in [6.45, 7) is 2.53. The first-order chi connectivity index (χ1) is 13.5. The largest absolute Gasteiger partial charge is 0.334 e. The molecule has 2 saturated heterocycles. The van der Waals surface area contributed by atoms with Crippen LogP contribution >= 0.6 is 15.9 Å². The summed E-state index contributed by atoms with van der Waals surface area (Å²) >= 11 is 3.41. The molecule has 0 radical (unpaired) electrons. The van der Waals surface area contributed by atoms with Crippen molar-refractivity contribution in [2.45, 2.75) is 38.4 Å². The highest BCUT2D eigenvalue weighted by Gasteiger charge is 2.40. The standard InChI is InChI=1S/C22H23BrF2N2O/c23-18-7-8-20(25)17(10-18)13-26-12-16-4-2-6-22(28)27(21(16)14-26)11-15-3-1-5-19(24)9-15/h1,3,5,7-10,16,21H,2,4,6,11-14H2/t16-,21+/m1/s1. The highest BCUT2D eigenvalue weighted by atomic mass is 79.9. The van der Waals surface area contributed by atoms with Crippen LogP contribution in [0.5, 0.6) is 0 Å². The Morgan fingerprint density at radius 2 is 1.93 bits per heavy atom. The second-order valence-electron chi connectivity index (χ2n) is 7.80. The number of nitrogens with zero attached hydrogens (tertiary/aromatic N) is 2. The lowest BCUT2D eigenvalue weighted by atomic mass is 9.98. The van der Waals surface area contributed by atoms with E-state index in [-0.39, 0.29) is 23.6 Å². The molecule has 2 aliphatic heterocycles. The third-order valence-corrected chi connectivity index (χ3v) is 6.31. The summed E-state index contributed by atoms with van der Waals surface area (Å²) in [5.74, 6) is 0.0138. The van der Waals surface area contributed by atoms with Crippen LogP contribution in [0, 0.1) is 17.6 Å². The molecular weight excluding hydrogens is 426 g/mol. The first-order valence-electron chi connectivity index (χ1n) is 9.70. The molecule has 0 aliphatic carbocycles. The summed E-state index contributed by atoms with van der Waals surface area (Å²) in [6.07, 6.45) is 2.41. The number of hydrogen-bond donors (Lipinski definition) is 0. The minimum atomic E-state index is -0.283. The molecule has 2 fully saturated rings. The van der Waals surface area contributed by atoms with Gasteiger partial charge in [0, 0.05) is 48.7 Å². The Labute approximate surface area is 172 Å². The Bertz CT molecular complexity index is 875. The SMILES string of the molecule is O=C1CCC[C@@H]2CN(Cc3cc(Br)ccc3F)C[C@@H]2N1Cc1cccc(F)c1. The van der Waals surface area contributed by atoms with Gasteiger partial charge in [0.25, 0.3) is 0 Å². The van der Waals surface area contributed by atoms with Gasteiger partial charge in [0.15, 0.2) is 0 Å². The van der Waals surface area contributed by atoms with Gasteiger partial charge in [-0.1, -0.05) is 28.1 Å². The molecule has 0 N–H and O–H groups in total. The van der Waals surface area contributed by atoms with E-state index in [0.717, 1.165) is 36.0 Å². The molecule has 1 amide bonds. The zero-order valence-corrected chi connectivity index (χ0v) is 17.2. The predicted octanol–water partition coefficient (Wildman–Crippen LogP) is 4.74. The maximum atomic E-state index is 14.2. The van der Waals surface area contributed by atoms with E-state index in [0.29, 0.717) is 31.0 Å². The average Bonchev–Trinajstić information content (AvgIpc) is 2.99. The Balaban J connectivity index is 1.52. The first kappa shape index (κ1) is 19.5. The lowest BCUT2D eigenvalue weighted by Gasteiger charge is -2.30. The summed E-state index contributed by atoms with van der Waals surface area (Å²) in [7, 11) is 0. The number of carbonyl (C=O) groups excluding carboxylic acids is 1. The van der Waals surface area contributed by atoms with E-state index in [9.17, 15) is 13.6 Å². The van der Waals surface area contributed by atoms with Gasteiger partial charge in [-0.3, -0.25) is 9.69 Å². The van der Waals surface area contributed by atoms with Crippen molar-refractivity contribution in [2.75, 3.05) is 13.1 Å². The third kappa shape index (κ3) is 4.28. The molecule has 0 aromatic heterocycles. The molecule has 148 valence electrons. The van der Waals surface area contributed by atoms with E-state index >= 15 is 0 Å². The predicted molar refractivity (Wildman–Crippen MR) is 107 cm³/mol. The van der Waals surface area contributed by atoms with Gasteiger partial charge in [-0.05, 0) is 54.7 Å². The van der Waals surface area contributed by atoms with Crippen molar-refractivity contribution >= 4 is 21.8 Å². The minimum Gasteiger partial charge on any atom is -0.334 e. The van der Waals surface area contributed by atoms with Crippen molar-refractivity contribution in [2.24, 2.45) is 5.92 Å². The summed E-state index contributed by atoms with van der Waals surface area (Å²) in [5.41, 5.74) is 1.47.